The molecule has 0 radical (unpaired) electrons. The molecule has 304 valence electrons. The molecule has 4 aromatic rings. The number of ether oxygens (including phenoxy) is 4. The lowest BCUT2D eigenvalue weighted by Crippen LogP contribution is -2.48. The molecule has 1 aliphatic carbocycles. The number of nitrogens with one attached hydrogen (secondary N) is 5. The van der Waals surface area contributed by atoms with Gasteiger partial charge >= 0.3 is 0 Å². The molecule has 3 amide bonds. The van der Waals surface area contributed by atoms with Crippen molar-refractivity contribution < 1.29 is 33.3 Å². The van der Waals surface area contributed by atoms with Crippen LogP contribution in [0.2, 0.25) is 0 Å². The Morgan fingerprint density at radius 1 is 0.839 bits per heavy atom. The summed E-state index contributed by atoms with van der Waals surface area (Å²) in [6.45, 7) is 6.28. The molecule has 1 heterocycles. The summed E-state index contributed by atoms with van der Waals surface area (Å²) in [5.41, 5.74) is 11.0. The summed E-state index contributed by atoms with van der Waals surface area (Å²) in [6, 6.07) is 17.6. The number of nitrogens with two attached hydrogens (primary N) is 1. The summed E-state index contributed by atoms with van der Waals surface area (Å²) in [6.07, 6.45) is 3.55. The summed E-state index contributed by atoms with van der Waals surface area (Å²) in [5.74, 6) is -0.412. The fourth-order valence-corrected chi connectivity index (χ4v) is 6.71. The number of carbonyl (C=O) groups excluding carboxylic acids is 3. The van der Waals surface area contributed by atoms with Crippen LogP contribution in [0.3, 0.4) is 0 Å². The summed E-state index contributed by atoms with van der Waals surface area (Å²) < 4.78 is 21.3. The average Bonchev–Trinajstić information content (AvgIpc) is 3.57. The first-order valence-corrected chi connectivity index (χ1v) is 19.0. The van der Waals surface area contributed by atoms with Crippen LogP contribution in [0, 0.1) is 18.8 Å². The van der Waals surface area contributed by atoms with Crippen LogP contribution in [0.15, 0.2) is 65.5 Å². The molecule has 0 saturated heterocycles. The van der Waals surface area contributed by atoms with Crippen LogP contribution in [-0.4, -0.2) is 100 Å². The molecule has 0 spiro atoms. The van der Waals surface area contributed by atoms with E-state index < -0.39 is 6.04 Å². The lowest BCUT2D eigenvalue weighted by atomic mass is 9.81. The molecule has 5 rings (SSSR count). The number of amides is 3. The molecular weight excluding hydrogens is 740 g/mol. The Labute approximate surface area is 333 Å². The van der Waals surface area contributed by atoms with Crippen molar-refractivity contribution in [3.63, 3.8) is 0 Å². The highest BCUT2D eigenvalue weighted by atomic mass is 35.5. The van der Waals surface area contributed by atoms with Crippen LogP contribution in [-0.2, 0) is 35.0 Å². The van der Waals surface area contributed by atoms with E-state index in [2.05, 4.69) is 26.1 Å². The van der Waals surface area contributed by atoms with Gasteiger partial charge in [-0.15, -0.1) is 12.4 Å². The smallest absolute Gasteiger partial charge is 0.271 e. The van der Waals surface area contributed by atoms with E-state index in [4.69, 9.17) is 24.7 Å². The van der Waals surface area contributed by atoms with Gasteiger partial charge in [0.05, 0.1) is 57.2 Å². The van der Waals surface area contributed by atoms with Gasteiger partial charge in [0.15, 0.2) is 0 Å². The molecule has 1 aromatic heterocycles. The van der Waals surface area contributed by atoms with Crippen molar-refractivity contribution in [2.45, 2.75) is 45.1 Å². The largest absolute Gasteiger partial charge is 0.382 e. The van der Waals surface area contributed by atoms with Crippen molar-refractivity contribution in [2.24, 2.45) is 17.6 Å². The summed E-state index contributed by atoms with van der Waals surface area (Å²) in [4.78, 5) is 51.9. The molecule has 1 saturated carbocycles. The number of methoxy groups -OCH3 is 1. The molecule has 0 unspecified atom stereocenters. The van der Waals surface area contributed by atoms with Crippen molar-refractivity contribution in [3.05, 3.63) is 87.7 Å². The number of hydrogen-bond acceptors (Lipinski definition) is 9. The van der Waals surface area contributed by atoms with E-state index in [-0.39, 0.29) is 48.0 Å². The number of carbonyl (C=O) groups is 3. The number of fused-ring (bicyclic) bond motifs is 1. The summed E-state index contributed by atoms with van der Waals surface area (Å²) >= 11 is 0. The highest BCUT2D eigenvalue weighted by molar-refractivity contribution is 5.99. The number of aromatic nitrogens is 2. The van der Waals surface area contributed by atoms with Crippen molar-refractivity contribution in [1.29, 1.82) is 0 Å². The van der Waals surface area contributed by atoms with Crippen LogP contribution < -0.4 is 27.2 Å². The minimum atomic E-state index is -0.832. The van der Waals surface area contributed by atoms with E-state index in [9.17, 15) is 19.2 Å². The average molecular weight is 795 g/mol. The maximum atomic E-state index is 13.7. The van der Waals surface area contributed by atoms with E-state index in [0.717, 1.165) is 47.9 Å². The maximum absolute atomic E-state index is 13.7. The molecule has 3 aromatic carbocycles. The fraction of sp³-hybridized carbons (Fsp3) is 0.463. The van der Waals surface area contributed by atoms with Crippen molar-refractivity contribution >= 4 is 46.7 Å². The normalized spacial score (nSPS) is 15.8. The van der Waals surface area contributed by atoms with Crippen molar-refractivity contribution in [2.75, 3.05) is 71.8 Å². The van der Waals surface area contributed by atoms with Gasteiger partial charge < -0.3 is 40.6 Å². The quantitative estimate of drug-likeness (QED) is 0.0673. The SMILES string of the molecule is COCCOCCOCCOCCNC(=O)c1ccc(-c2ccc(C[C@H](NC(=O)[C@H]3CC[C@H](CN)CC3)C(=O)Nc3ccc4c(=O)[nH][nH]c4c3)cc2)c(C)c1.Cl. The van der Waals surface area contributed by atoms with Gasteiger partial charge in [0.25, 0.3) is 11.5 Å². The van der Waals surface area contributed by atoms with E-state index in [1.807, 2.05) is 43.3 Å². The first-order chi connectivity index (χ1) is 26.7. The molecular formula is C41H55ClN6O8. The van der Waals surface area contributed by atoms with Crippen LogP contribution in [0.25, 0.3) is 22.0 Å². The van der Waals surface area contributed by atoms with Gasteiger partial charge in [-0.25, -0.2) is 0 Å². The number of aryl methyl sites for hydroxylation is 1. The molecule has 14 nitrogen and oxygen atoms in total. The van der Waals surface area contributed by atoms with Gasteiger partial charge in [0.2, 0.25) is 11.8 Å². The zero-order chi connectivity index (χ0) is 39.0. The zero-order valence-electron chi connectivity index (χ0n) is 32.2. The second kappa shape index (κ2) is 22.9. The first-order valence-electron chi connectivity index (χ1n) is 19.0. The predicted octanol–water partition coefficient (Wildman–Crippen LogP) is 4.11. The monoisotopic (exact) mass is 794 g/mol. The Bertz CT molecular complexity index is 1910. The van der Waals surface area contributed by atoms with E-state index in [1.165, 1.54) is 0 Å². The number of anilines is 1. The van der Waals surface area contributed by atoms with Crippen LogP contribution in [0.5, 0.6) is 0 Å². The summed E-state index contributed by atoms with van der Waals surface area (Å²) in [7, 11) is 1.63. The molecule has 7 N–H and O–H groups in total. The highest BCUT2D eigenvalue weighted by Gasteiger charge is 2.29. The third-order valence-electron chi connectivity index (χ3n) is 9.93. The molecule has 0 bridgehead atoms. The van der Waals surface area contributed by atoms with E-state index >= 15 is 0 Å². The lowest BCUT2D eigenvalue weighted by Gasteiger charge is -2.28. The second-order valence-electron chi connectivity index (χ2n) is 13.9. The molecule has 15 heteroatoms. The number of aromatic amines is 2. The Morgan fingerprint density at radius 2 is 1.52 bits per heavy atom. The zero-order valence-corrected chi connectivity index (χ0v) is 33.0. The van der Waals surface area contributed by atoms with Crippen LogP contribution in [0.4, 0.5) is 5.69 Å². The Morgan fingerprint density at radius 3 is 2.18 bits per heavy atom. The van der Waals surface area contributed by atoms with Crippen molar-refractivity contribution in [3.8, 4) is 11.1 Å². The number of halogens is 1. The third-order valence-corrected chi connectivity index (χ3v) is 9.93. The standard InChI is InChI=1S/C41H54N6O8.ClH/c1-27-23-32(38(48)43-15-16-53-19-20-55-22-21-54-18-17-52-2)11-13-34(27)30-7-3-28(4-8-30)24-37(45-39(49)31-9-5-29(26-42)6-10-31)41(51)44-33-12-14-35-36(25-33)46-47-40(35)50;/h3-4,7-8,11-14,23,25,29,31,37H,5-6,9-10,15-22,24,26,42H2,1-2H3,(H,43,48)(H,44,51)(H,45,49)(H2,46,47,50);1H/t29-,31-,37-;/m0./s1. The Kier molecular flexibility index (Phi) is 18.0. The van der Waals surface area contributed by atoms with Crippen LogP contribution >= 0.6 is 12.4 Å². The molecule has 1 fully saturated rings. The minimum absolute atomic E-state index is 0. The number of rotatable bonds is 21. The van der Waals surface area contributed by atoms with Crippen LogP contribution in [0.1, 0.15) is 47.2 Å². The molecule has 1 aliphatic rings. The molecule has 0 aliphatic heterocycles. The van der Waals surface area contributed by atoms with Gasteiger partial charge in [0.1, 0.15) is 6.04 Å². The van der Waals surface area contributed by atoms with Gasteiger partial charge in [-0.3, -0.25) is 29.4 Å². The number of H-pyrrole nitrogens is 2. The topological polar surface area (TPSA) is 199 Å². The van der Waals surface area contributed by atoms with E-state index in [0.29, 0.717) is 87.4 Å². The van der Waals surface area contributed by atoms with Gasteiger partial charge in [-0.2, -0.15) is 0 Å². The lowest BCUT2D eigenvalue weighted by molar-refractivity contribution is -0.130. The summed E-state index contributed by atoms with van der Waals surface area (Å²) in [5, 5.41) is 14.7. The molecule has 56 heavy (non-hydrogen) atoms. The number of hydrogen-bond donors (Lipinski definition) is 6. The van der Waals surface area contributed by atoms with Gasteiger partial charge in [-0.1, -0.05) is 30.3 Å². The third kappa shape index (κ3) is 13.0. The maximum Gasteiger partial charge on any atom is 0.271 e. The van der Waals surface area contributed by atoms with Gasteiger partial charge in [0, 0.05) is 37.2 Å². The fourth-order valence-electron chi connectivity index (χ4n) is 6.71. The van der Waals surface area contributed by atoms with E-state index in [1.54, 1.807) is 31.4 Å². The first kappa shape index (κ1) is 44.1. The van der Waals surface area contributed by atoms with Gasteiger partial charge in [-0.05, 0) is 97.7 Å². The predicted molar refractivity (Wildman–Crippen MR) is 218 cm³/mol. The number of benzene rings is 3. The highest BCUT2D eigenvalue weighted by Crippen LogP contribution is 2.29. The Balaban J connectivity index is 0.00000696. The molecule has 1 atom stereocenters. The second-order valence-corrected chi connectivity index (χ2v) is 13.9. The minimum Gasteiger partial charge on any atom is -0.382 e. The van der Waals surface area contributed by atoms with Crippen molar-refractivity contribution in [1.82, 2.24) is 20.8 Å². The Hall–Kier alpha value is -4.57.